The minimum atomic E-state index is -0.763. The summed E-state index contributed by atoms with van der Waals surface area (Å²) in [6.07, 6.45) is 0. The van der Waals surface area contributed by atoms with E-state index in [1.54, 1.807) is 36.4 Å². The van der Waals surface area contributed by atoms with Gasteiger partial charge in [0, 0.05) is 55.9 Å². The molecule has 0 aliphatic carbocycles. The highest BCUT2D eigenvalue weighted by Gasteiger charge is 2.16. The molecule has 1 aliphatic heterocycles. The van der Waals surface area contributed by atoms with Crippen molar-refractivity contribution >= 4 is 40.5 Å². The van der Waals surface area contributed by atoms with Crippen LogP contribution in [0, 0.1) is 0 Å². The molecule has 0 aromatic heterocycles. The maximum absolute atomic E-state index is 12.2. The molecule has 1 aliphatic rings. The van der Waals surface area contributed by atoms with E-state index < -0.39 is 11.8 Å². The van der Waals surface area contributed by atoms with Crippen LogP contribution in [0.15, 0.2) is 48.5 Å². The van der Waals surface area contributed by atoms with Gasteiger partial charge in [0.15, 0.2) is 0 Å². The Morgan fingerprint density at radius 1 is 0.690 bits per heavy atom. The van der Waals surface area contributed by atoms with Gasteiger partial charge in [0.05, 0.1) is 0 Å². The second-order valence-electron chi connectivity index (χ2n) is 7.00. The number of likely N-dealkylation sites (N-methyl/N-ethyl adjacent to an activating group) is 1. The summed E-state index contributed by atoms with van der Waals surface area (Å²) in [5.74, 6) is -1.69. The van der Waals surface area contributed by atoms with Crippen molar-refractivity contribution in [3.8, 4) is 0 Å². The molecule has 2 aromatic rings. The number of piperazine rings is 1. The molecular formula is C21H25N5O3. The van der Waals surface area contributed by atoms with Crippen molar-refractivity contribution in [2.45, 2.75) is 6.92 Å². The first-order valence-corrected chi connectivity index (χ1v) is 9.44. The molecule has 8 heteroatoms. The number of hydrogen-bond donors (Lipinski definition) is 3. The molecule has 3 rings (SSSR count). The lowest BCUT2D eigenvalue weighted by Crippen LogP contribution is -2.44. The first-order chi connectivity index (χ1) is 13.9. The number of benzene rings is 2. The molecule has 8 nitrogen and oxygen atoms in total. The third-order valence-electron chi connectivity index (χ3n) is 4.66. The Bertz CT molecular complexity index is 872. The van der Waals surface area contributed by atoms with Crippen molar-refractivity contribution in [2.75, 3.05) is 54.1 Å². The predicted octanol–water partition coefficient (Wildman–Crippen LogP) is 1.97. The van der Waals surface area contributed by atoms with Crippen molar-refractivity contribution in [3.63, 3.8) is 0 Å². The Balaban J connectivity index is 1.52. The van der Waals surface area contributed by atoms with E-state index >= 15 is 0 Å². The van der Waals surface area contributed by atoms with Gasteiger partial charge in [-0.3, -0.25) is 14.4 Å². The third-order valence-corrected chi connectivity index (χ3v) is 4.66. The van der Waals surface area contributed by atoms with E-state index in [-0.39, 0.29) is 5.91 Å². The van der Waals surface area contributed by atoms with E-state index in [9.17, 15) is 14.4 Å². The largest absolute Gasteiger partial charge is 0.369 e. The Morgan fingerprint density at radius 3 is 1.55 bits per heavy atom. The van der Waals surface area contributed by atoms with Gasteiger partial charge in [0.2, 0.25) is 5.91 Å². The van der Waals surface area contributed by atoms with Gasteiger partial charge in [-0.2, -0.15) is 0 Å². The van der Waals surface area contributed by atoms with Crippen molar-refractivity contribution in [2.24, 2.45) is 0 Å². The van der Waals surface area contributed by atoms with Crippen LogP contribution in [0.25, 0.3) is 0 Å². The van der Waals surface area contributed by atoms with Crippen LogP contribution < -0.4 is 20.9 Å². The second-order valence-corrected chi connectivity index (χ2v) is 7.00. The van der Waals surface area contributed by atoms with Crippen LogP contribution in [0.2, 0.25) is 0 Å². The monoisotopic (exact) mass is 395 g/mol. The maximum Gasteiger partial charge on any atom is 0.314 e. The van der Waals surface area contributed by atoms with Gasteiger partial charge in [0.1, 0.15) is 0 Å². The molecule has 152 valence electrons. The molecule has 2 aromatic carbocycles. The van der Waals surface area contributed by atoms with Crippen LogP contribution in [0.5, 0.6) is 0 Å². The summed E-state index contributed by atoms with van der Waals surface area (Å²) in [6.45, 7) is 5.38. The van der Waals surface area contributed by atoms with Gasteiger partial charge in [-0.25, -0.2) is 0 Å². The number of carbonyl (C=O) groups is 3. The van der Waals surface area contributed by atoms with Crippen molar-refractivity contribution in [1.82, 2.24) is 4.90 Å². The van der Waals surface area contributed by atoms with Gasteiger partial charge in [-0.1, -0.05) is 0 Å². The van der Waals surface area contributed by atoms with E-state index in [2.05, 4.69) is 32.8 Å². The highest BCUT2D eigenvalue weighted by molar-refractivity contribution is 6.43. The molecule has 0 bridgehead atoms. The van der Waals surface area contributed by atoms with E-state index in [1.807, 2.05) is 12.1 Å². The molecule has 0 spiro atoms. The lowest BCUT2D eigenvalue weighted by atomic mass is 10.2. The Morgan fingerprint density at radius 2 is 1.10 bits per heavy atom. The molecule has 3 N–H and O–H groups in total. The topological polar surface area (TPSA) is 93.8 Å². The van der Waals surface area contributed by atoms with Crippen LogP contribution in [0.3, 0.4) is 0 Å². The predicted molar refractivity (Wildman–Crippen MR) is 114 cm³/mol. The molecule has 3 amide bonds. The van der Waals surface area contributed by atoms with Crippen molar-refractivity contribution in [3.05, 3.63) is 48.5 Å². The van der Waals surface area contributed by atoms with E-state index in [0.29, 0.717) is 17.1 Å². The van der Waals surface area contributed by atoms with Gasteiger partial charge in [0.25, 0.3) is 0 Å². The van der Waals surface area contributed by atoms with Crippen LogP contribution in [-0.4, -0.2) is 55.8 Å². The SMILES string of the molecule is CC(=O)Nc1ccc(NC(=O)C(=O)Nc2ccc(N3CCN(C)CC3)cc2)cc1. The zero-order valence-electron chi connectivity index (χ0n) is 16.6. The highest BCUT2D eigenvalue weighted by atomic mass is 16.2. The fourth-order valence-corrected chi connectivity index (χ4v) is 3.04. The summed E-state index contributed by atoms with van der Waals surface area (Å²) in [6, 6.07) is 14.0. The highest BCUT2D eigenvalue weighted by Crippen LogP contribution is 2.19. The average molecular weight is 395 g/mol. The van der Waals surface area contributed by atoms with Crippen molar-refractivity contribution < 1.29 is 14.4 Å². The van der Waals surface area contributed by atoms with Gasteiger partial charge >= 0.3 is 11.8 Å². The summed E-state index contributed by atoms with van der Waals surface area (Å²) in [7, 11) is 2.11. The lowest BCUT2D eigenvalue weighted by Gasteiger charge is -2.34. The first kappa shape index (κ1) is 20.3. The van der Waals surface area contributed by atoms with E-state index in [0.717, 1.165) is 31.9 Å². The number of rotatable bonds is 4. The summed E-state index contributed by atoms with van der Waals surface area (Å²) in [5.41, 5.74) is 2.73. The van der Waals surface area contributed by atoms with Crippen LogP contribution >= 0.6 is 0 Å². The number of hydrogen-bond acceptors (Lipinski definition) is 5. The number of nitrogens with one attached hydrogen (secondary N) is 3. The second kappa shape index (κ2) is 9.20. The molecule has 0 saturated carbocycles. The molecule has 0 radical (unpaired) electrons. The summed E-state index contributed by atoms with van der Waals surface area (Å²) in [5, 5.41) is 7.77. The number of amides is 3. The Hall–Kier alpha value is -3.39. The van der Waals surface area contributed by atoms with E-state index in [1.165, 1.54) is 6.92 Å². The van der Waals surface area contributed by atoms with Gasteiger partial charge in [-0.15, -0.1) is 0 Å². The first-order valence-electron chi connectivity index (χ1n) is 9.44. The zero-order valence-corrected chi connectivity index (χ0v) is 16.6. The molecule has 1 fully saturated rings. The molecule has 1 heterocycles. The van der Waals surface area contributed by atoms with Crippen LogP contribution in [0.1, 0.15) is 6.92 Å². The number of nitrogens with zero attached hydrogens (tertiary/aromatic N) is 2. The fourth-order valence-electron chi connectivity index (χ4n) is 3.04. The summed E-state index contributed by atoms with van der Waals surface area (Å²) >= 11 is 0. The van der Waals surface area contributed by atoms with Crippen LogP contribution in [0.4, 0.5) is 22.7 Å². The minimum Gasteiger partial charge on any atom is -0.369 e. The molecular weight excluding hydrogens is 370 g/mol. The average Bonchev–Trinajstić information content (AvgIpc) is 2.70. The normalized spacial score (nSPS) is 14.2. The van der Waals surface area contributed by atoms with Crippen molar-refractivity contribution in [1.29, 1.82) is 0 Å². The number of carbonyl (C=O) groups excluding carboxylic acids is 3. The summed E-state index contributed by atoms with van der Waals surface area (Å²) < 4.78 is 0. The zero-order chi connectivity index (χ0) is 20.8. The molecule has 0 unspecified atom stereocenters. The van der Waals surface area contributed by atoms with Gasteiger partial charge in [-0.05, 0) is 55.6 Å². The molecule has 0 atom stereocenters. The van der Waals surface area contributed by atoms with E-state index in [4.69, 9.17) is 0 Å². The minimum absolute atomic E-state index is 0.181. The number of anilines is 4. The smallest absolute Gasteiger partial charge is 0.314 e. The third kappa shape index (κ3) is 5.79. The standard InChI is InChI=1S/C21H25N5O3/c1-15(27)22-16-3-5-17(6-4-16)23-20(28)21(29)24-18-7-9-19(10-8-18)26-13-11-25(2)12-14-26/h3-10H,11-14H2,1-2H3,(H,22,27)(H,23,28)(H,24,29). The Kier molecular flexibility index (Phi) is 6.46. The summed E-state index contributed by atoms with van der Waals surface area (Å²) in [4.78, 5) is 39.9. The lowest BCUT2D eigenvalue weighted by molar-refractivity contribution is -0.132. The molecule has 1 saturated heterocycles. The quantitative estimate of drug-likeness (QED) is 0.689. The maximum atomic E-state index is 12.2. The molecule has 29 heavy (non-hydrogen) atoms. The van der Waals surface area contributed by atoms with Gasteiger partial charge < -0.3 is 25.8 Å². The Labute approximate surface area is 169 Å². The van der Waals surface area contributed by atoms with Crippen LogP contribution in [-0.2, 0) is 14.4 Å². The fraction of sp³-hybridized carbons (Fsp3) is 0.286.